The van der Waals surface area contributed by atoms with Crippen molar-refractivity contribution in [2.24, 2.45) is 0 Å². The molecule has 1 aliphatic rings. The first-order valence-electron chi connectivity index (χ1n) is 7.16. The van der Waals surface area contributed by atoms with Crippen LogP contribution in [0.1, 0.15) is 45.1 Å². The second kappa shape index (κ2) is 5.68. The van der Waals surface area contributed by atoms with Crippen LogP contribution >= 0.6 is 11.6 Å². The van der Waals surface area contributed by atoms with E-state index in [2.05, 4.69) is 5.32 Å². The number of hydrogen-bond acceptors (Lipinski definition) is 2. The van der Waals surface area contributed by atoms with Crippen LogP contribution in [0, 0.1) is 0 Å². The molecule has 0 aliphatic heterocycles. The number of carbonyl (C=O) groups is 2. The molecule has 4 nitrogen and oxygen atoms in total. The zero-order valence-corrected chi connectivity index (χ0v) is 13.0. The summed E-state index contributed by atoms with van der Waals surface area (Å²) in [4.78, 5) is 24.1. The Morgan fingerprint density at radius 3 is 2.52 bits per heavy atom. The summed E-state index contributed by atoms with van der Waals surface area (Å²) in [5.41, 5.74) is -1.02. The number of carboxylic acid groups (broad SMARTS) is 1. The van der Waals surface area contributed by atoms with Crippen LogP contribution in [0.15, 0.2) is 24.3 Å². The second-order valence-corrected chi connectivity index (χ2v) is 6.33. The SMILES string of the molecule is CCC(C)(NC(=O)C1(c2cccc(Cl)c2)CCC1)C(=O)O. The number of hydrogen-bond donors (Lipinski definition) is 2. The minimum Gasteiger partial charge on any atom is -0.480 e. The molecule has 0 spiro atoms. The summed E-state index contributed by atoms with van der Waals surface area (Å²) in [6, 6.07) is 7.27. The third-order valence-electron chi connectivity index (χ3n) is 4.59. The minimum absolute atomic E-state index is 0.220. The molecule has 2 N–H and O–H groups in total. The van der Waals surface area contributed by atoms with Crippen LogP contribution in [0.3, 0.4) is 0 Å². The van der Waals surface area contributed by atoms with E-state index >= 15 is 0 Å². The fourth-order valence-corrected chi connectivity index (χ4v) is 2.82. The Labute approximate surface area is 129 Å². The van der Waals surface area contributed by atoms with E-state index in [-0.39, 0.29) is 5.91 Å². The van der Waals surface area contributed by atoms with Crippen LogP contribution in [0.25, 0.3) is 0 Å². The van der Waals surface area contributed by atoms with Gasteiger partial charge in [0.1, 0.15) is 5.54 Å². The standard InChI is InChI=1S/C16H20ClNO3/c1-3-15(2,14(20)21)18-13(19)16(8-5-9-16)11-6-4-7-12(17)10-11/h4,6-7,10H,3,5,8-9H2,1-2H3,(H,18,19)(H,20,21). The van der Waals surface area contributed by atoms with Crippen molar-refractivity contribution in [2.75, 3.05) is 0 Å². The van der Waals surface area contributed by atoms with Gasteiger partial charge in [-0.3, -0.25) is 4.79 Å². The minimum atomic E-state index is -1.24. The van der Waals surface area contributed by atoms with E-state index in [1.165, 1.54) is 6.92 Å². The lowest BCUT2D eigenvalue weighted by Crippen LogP contribution is -2.59. The molecule has 1 atom stereocenters. The van der Waals surface area contributed by atoms with E-state index in [9.17, 15) is 14.7 Å². The summed E-state index contributed by atoms with van der Waals surface area (Å²) in [7, 11) is 0. The lowest BCUT2D eigenvalue weighted by Gasteiger charge is -2.42. The molecule has 1 aromatic rings. The molecule has 1 saturated carbocycles. The van der Waals surface area contributed by atoms with Gasteiger partial charge >= 0.3 is 5.97 Å². The zero-order chi connectivity index (χ0) is 15.7. The Morgan fingerprint density at radius 1 is 1.43 bits per heavy atom. The van der Waals surface area contributed by atoms with Crippen LogP contribution < -0.4 is 5.32 Å². The fourth-order valence-electron chi connectivity index (χ4n) is 2.63. The van der Waals surface area contributed by atoms with Crippen molar-refractivity contribution in [2.45, 2.75) is 50.5 Å². The second-order valence-electron chi connectivity index (χ2n) is 5.89. The Balaban J connectivity index is 2.29. The molecule has 1 unspecified atom stereocenters. The summed E-state index contributed by atoms with van der Waals surface area (Å²) < 4.78 is 0. The lowest BCUT2D eigenvalue weighted by molar-refractivity contribution is -0.148. The first kappa shape index (κ1) is 15.8. The number of benzene rings is 1. The van der Waals surface area contributed by atoms with E-state index in [0.29, 0.717) is 11.4 Å². The maximum absolute atomic E-state index is 12.7. The van der Waals surface area contributed by atoms with Gasteiger partial charge in [-0.25, -0.2) is 4.79 Å². The van der Waals surface area contributed by atoms with Gasteiger partial charge in [-0.2, -0.15) is 0 Å². The average molecular weight is 310 g/mol. The highest BCUT2D eigenvalue weighted by Crippen LogP contribution is 2.44. The average Bonchev–Trinajstić information content (AvgIpc) is 2.37. The summed E-state index contributed by atoms with van der Waals surface area (Å²) in [5.74, 6) is -1.23. The normalized spacial score (nSPS) is 19.2. The number of rotatable bonds is 5. The van der Waals surface area contributed by atoms with Gasteiger partial charge in [0.05, 0.1) is 5.41 Å². The number of carbonyl (C=O) groups excluding carboxylic acids is 1. The van der Waals surface area contributed by atoms with E-state index in [4.69, 9.17) is 11.6 Å². The molecule has 1 fully saturated rings. The van der Waals surface area contributed by atoms with E-state index < -0.39 is 16.9 Å². The van der Waals surface area contributed by atoms with Crippen LogP contribution in [0.2, 0.25) is 5.02 Å². The number of nitrogens with one attached hydrogen (secondary N) is 1. The van der Waals surface area contributed by atoms with Crippen molar-refractivity contribution >= 4 is 23.5 Å². The first-order valence-corrected chi connectivity index (χ1v) is 7.54. The van der Waals surface area contributed by atoms with Crippen molar-refractivity contribution in [3.8, 4) is 0 Å². The summed E-state index contributed by atoms with van der Waals surface area (Å²) >= 11 is 6.02. The van der Waals surface area contributed by atoms with Crippen molar-refractivity contribution in [3.63, 3.8) is 0 Å². The molecule has 5 heteroatoms. The maximum atomic E-state index is 12.7. The molecule has 0 saturated heterocycles. The molecular formula is C16H20ClNO3. The van der Waals surface area contributed by atoms with Gasteiger partial charge in [0, 0.05) is 5.02 Å². The third kappa shape index (κ3) is 2.77. The van der Waals surface area contributed by atoms with Crippen molar-refractivity contribution in [1.29, 1.82) is 0 Å². The monoisotopic (exact) mass is 309 g/mol. The van der Waals surface area contributed by atoms with E-state index in [0.717, 1.165) is 24.8 Å². The third-order valence-corrected chi connectivity index (χ3v) is 4.82. The molecule has 0 aromatic heterocycles. The molecule has 0 heterocycles. The van der Waals surface area contributed by atoms with Gasteiger partial charge in [0.25, 0.3) is 0 Å². The van der Waals surface area contributed by atoms with Crippen molar-refractivity contribution < 1.29 is 14.7 Å². The number of aliphatic carboxylic acids is 1. The Kier molecular flexibility index (Phi) is 4.28. The Hall–Kier alpha value is -1.55. The predicted molar refractivity (Wildman–Crippen MR) is 81.5 cm³/mol. The molecular weight excluding hydrogens is 290 g/mol. The predicted octanol–water partition coefficient (Wildman–Crippen LogP) is 3.13. The lowest BCUT2D eigenvalue weighted by atomic mass is 9.63. The van der Waals surface area contributed by atoms with Crippen LogP contribution in [-0.2, 0) is 15.0 Å². The summed E-state index contributed by atoms with van der Waals surface area (Å²) in [6.45, 7) is 3.29. The molecule has 21 heavy (non-hydrogen) atoms. The Morgan fingerprint density at radius 2 is 2.10 bits per heavy atom. The maximum Gasteiger partial charge on any atom is 0.329 e. The van der Waals surface area contributed by atoms with Gasteiger partial charge in [-0.15, -0.1) is 0 Å². The molecule has 0 radical (unpaired) electrons. The van der Waals surface area contributed by atoms with Crippen molar-refractivity contribution in [3.05, 3.63) is 34.9 Å². The molecule has 0 bridgehead atoms. The smallest absolute Gasteiger partial charge is 0.329 e. The van der Waals surface area contributed by atoms with Crippen LogP contribution in [-0.4, -0.2) is 22.5 Å². The Bertz CT molecular complexity index is 568. The summed E-state index contributed by atoms with van der Waals surface area (Å²) in [5, 5.41) is 12.6. The number of amides is 1. The highest BCUT2D eigenvalue weighted by atomic mass is 35.5. The quantitative estimate of drug-likeness (QED) is 0.878. The molecule has 1 aliphatic carbocycles. The van der Waals surface area contributed by atoms with Crippen molar-refractivity contribution in [1.82, 2.24) is 5.32 Å². The van der Waals surface area contributed by atoms with E-state index in [1.54, 1.807) is 19.1 Å². The molecule has 1 amide bonds. The highest BCUT2D eigenvalue weighted by molar-refractivity contribution is 6.30. The van der Waals surface area contributed by atoms with Gasteiger partial charge in [-0.1, -0.05) is 37.1 Å². The van der Waals surface area contributed by atoms with Crippen LogP contribution in [0.4, 0.5) is 0 Å². The molecule has 2 rings (SSSR count). The molecule has 1 aromatic carbocycles. The number of halogens is 1. The first-order chi connectivity index (χ1) is 9.84. The molecule has 114 valence electrons. The van der Waals surface area contributed by atoms with Gasteiger partial charge in [-0.05, 0) is 43.9 Å². The summed E-state index contributed by atoms with van der Waals surface area (Å²) in [6.07, 6.45) is 2.73. The fraction of sp³-hybridized carbons (Fsp3) is 0.500. The van der Waals surface area contributed by atoms with Crippen LogP contribution in [0.5, 0.6) is 0 Å². The highest BCUT2D eigenvalue weighted by Gasteiger charge is 2.48. The van der Waals surface area contributed by atoms with Gasteiger partial charge in [0.2, 0.25) is 5.91 Å². The largest absolute Gasteiger partial charge is 0.480 e. The van der Waals surface area contributed by atoms with Gasteiger partial charge in [0.15, 0.2) is 0 Å². The zero-order valence-electron chi connectivity index (χ0n) is 12.3. The van der Waals surface area contributed by atoms with Gasteiger partial charge < -0.3 is 10.4 Å². The van der Waals surface area contributed by atoms with E-state index in [1.807, 2.05) is 12.1 Å². The number of carboxylic acids is 1. The topological polar surface area (TPSA) is 66.4 Å².